The van der Waals surface area contributed by atoms with Gasteiger partial charge in [-0.2, -0.15) is 0 Å². The van der Waals surface area contributed by atoms with Crippen LogP contribution in [-0.2, 0) is 16.0 Å². The van der Waals surface area contributed by atoms with E-state index in [9.17, 15) is 9.59 Å². The summed E-state index contributed by atoms with van der Waals surface area (Å²) in [5.41, 5.74) is 3.95. The third kappa shape index (κ3) is 4.63. The smallest absolute Gasteiger partial charge is 0.248 e. The Labute approximate surface area is 164 Å². The number of hydrogen-bond acceptors (Lipinski definition) is 4. The van der Waals surface area contributed by atoms with Gasteiger partial charge in [-0.15, -0.1) is 11.8 Å². The third-order valence-corrected chi connectivity index (χ3v) is 5.78. The Morgan fingerprint density at radius 2 is 2.00 bits per heavy atom. The summed E-state index contributed by atoms with van der Waals surface area (Å²) in [7, 11) is 1.60. The van der Waals surface area contributed by atoms with Gasteiger partial charge >= 0.3 is 0 Å². The molecule has 1 N–H and O–H groups in total. The number of amides is 2. The standard InChI is InChI=1S/C21H24N2O3S/c1-14-7-8-17(9-15(14)2)22-21(25)19-12-27-13-23(19)20(24)11-16-5-4-6-18(10-16)26-3/h4-10,19H,11-13H2,1-3H3,(H,22,25). The van der Waals surface area contributed by atoms with Crippen molar-refractivity contribution in [3.05, 3.63) is 59.2 Å². The molecule has 1 fully saturated rings. The van der Waals surface area contributed by atoms with Gasteiger partial charge in [-0.3, -0.25) is 9.59 Å². The van der Waals surface area contributed by atoms with Crippen LogP contribution < -0.4 is 10.1 Å². The highest BCUT2D eigenvalue weighted by Gasteiger charge is 2.34. The fraction of sp³-hybridized carbons (Fsp3) is 0.333. The molecule has 0 aliphatic carbocycles. The van der Waals surface area contributed by atoms with Crippen LogP contribution in [0.25, 0.3) is 0 Å². The van der Waals surface area contributed by atoms with Gasteiger partial charge in [0.05, 0.1) is 19.4 Å². The van der Waals surface area contributed by atoms with Crippen molar-refractivity contribution in [2.75, 3.05) is 24.1 Å². The number of nitrogens with zero attached hydrogens (tertiary/aromatic N) is 1. The second kappa shape index (κ2) is 8.48. The maximum atomic E-state index is 12.8. The predicted molar refractivity (Wildman–Crippen MR) is 109 cm³/mol. The zero-order valence-corrected chi connectivity index (χ0v) is 16.6. The van der Waals surface area contributed by atoms with E-state index >= 15 is 0 Å². The minimum Gasteiger partial charge on any atom is -0.497 e. The molecule has 3 rings (SSSR count). The Bertz CT molecular complexity index is 853. The van der Waals surface area contributed by atoms with Gasteiger partial charge in [0, 0.05) is 11.4 Å². The average molecular weight is 385 g/mol. The molecule has 1 saturated heterocycles. The quantitative estimate of drug-likeness (QED) is 0.858. The van der Waals surface area contributed by atoms with Crippen molar-refractivity contribution >= 4 is 29.3 Å². The van der Waals surface area contributed by atoms with Gasteiger partial charge in [-0.1, -0.05) is 18.2 Å². The number of methoxy groups -OCH3 is 1. The van der Waals surface area contributed by atoms with Crippen LogP contribution in [0.5, 0.6) is 5.75 Å². The lowest BCUT2D eigenvalue weighted by Crippen LogP contribution is -2.45. The van der Waals surface area contributed by atoms with Crippen LogP contribution in [0.2, 0.25) is 0 Å². The number of aryl methyl sites for hydroxylation is 2. The fourth-order valence-electron chi connectivity index (χ4n) is 3.01. The van der Waals surface area contributed by atoms with Crippen molar-refractivity contribution < 1.29 is 14.3 Å². The first-order valence-electron chi connectivity index (χ1n) is 8.86. The highest BCUT2D eigenvalue weighted by Crippen LogP contribution is 2.24. The first-order chi connectivity index (χ1) is 13.0. The molecule has 0 bridgehead atoms. The lowest BCUT2D eigenvalue weighted by molar-refractivity contribution is -0.135. The van der Waals surface area contributed by atoms with E-state index in [-0.39, 0.29) is 18.2 Å². The first-order valence-corrected chi connectivity index (χ1v) is 10.0. The summed E-state index contributed by atoms with van der Waals surface area (Å²) in [6.45, 7) is 4.05. The number of thioether (sulfide) groups is 1. The van der Waals surface area contributed by atoms with Gasteiger partial charge in [-0.25, -0.2) is 0 Å². The Balaban J connectivity index is 1.67. The van der Waals surface area contributed by atoms with Gasteiger partial charge < -0.3 is 15.0 Å². The molecule has 1 unspecified atom stereocenters. The van der Waals surface area contributed by atoms with Crippen LogP contribution in [-0.4, -0.2) is 41.5 Å². The summed E-state index contributed by atoms with van der Waals surface area (Å²) < 4.78 is 5.21. The van der Waals surface area contributed by atoms with Crippen LogP contribution in [0.3, 0.4) is 0 Å². The molecule has 1 atom stereocenters. The van der Waals surface area contributed by atoms with Crippen LogP contribution in [0.1, 0.15) is 16.7 Å². The minimum absolute atomic E-state index is 0.0477. The van der Waals surface area contributed by atoms with Crippen LogP contribution in [0.15, 0.2) is 42.5 Å². The molecule has 27 heavy (non-hydrogen) atoms. The van der Waals surface area contributed by atoms with E-state index in [4.69, 9.17) is 4.74 Å². The molecule has 1 aliphatic heterocycles. The molecule has 2 aromatic carbocycles. The van der Waals surface area contributed by atoms with Crippen molar-refractivity contribution in [3.63, 3.8) is 0 Å². The van der Waals surface area contributed by atoms with Crippen molar-refractivity contribution in [2.45, 2.75) is 26.3 Å². The number of carbonyl (C=O) groups is 2. The second-order valence-corrected chi connectivity index (χ2v) is 7.70. The number of anilines is 1. The molecular weight excluding hydrogens is 360 g/mol. The zero-order chi connectivity index (χ0) is 19.4. The van der Waals surface area contributed by atoms with E-state index in [1.807, 2.05) is 56.3 Å². The summed E-state index contributed by atoms with van der Waals surface area (Å²) in [5, 5.41) is 2.95. The summed E-state index contributed by atoms with van der Waals surface area (Å²) >= 11 is 1.60. The number of ether oxygens (including phenoxy) is 1. The highest BCUT2D eigenvalue weighted by atomic mass is 32.2. The summed E-state index contributed by atoms with van der Waals surface area (Å²) in [5.74, 6) is 1.69. The van der Waals surface area contributed by atoms with Crippen molar-refractivity contribution in [1.82, 2.24) is 4.90 Å². The van der Waals surface area contributed by atoms with E-state index in [1.165, 1.54) is 5.56 Å². The summed E-state index contributed by atoms with van der Waals surface area (Å²) in [6.07, 6.45) is 0.255. The topological polar surface area (TPSA) is 58.6 Å². The Hall–Kier alpha value is -2.47. The molecule has 0 spiro atoms. The SMILES string of the molecule is COc1cccc(CC(=O)N2CSCC2C(=O)Nc2ccc(C)c(C)c2)c1. The predicted octanol–water partition coefficient (Wildman–Crippen LogP) is 3.39. The van der Waals surface area contributed by atoms with Gasteiger partial charge in [0.15, 0.2) is 0 Å². The van der Waals surface area contributed by atoms with E-state index in [0.717, 1.165) is 22.6 Å². The van der Waals surface area contributed by atoms with Gasteiger partial charge in [0.1, 0.15) is 11.8 Å². The highest BCUT2D eigenvalue weighted by molar-refractivity contribution is 7.99. The lowest BCUT2D eigenvalue weighted by atomic mass is 10.1. The molecule has 6 heteroatoms. The maximum Gasteiger partial charge on any atom is 0.248 e. The van der Waals surface area contributed by atoms with Crippen LogP contribution in [0, 0.1) is 13.8 Å². The lowest BCUT2D eigenvalue weighted by Gasteiger charge is -2.23. The van der Waals surface area contributed by atoms with E-state index in [1.54, 1.807) is 23.8 Å². The molecule has 1 aliphatic rings. The van der Waals surface area contributed by atoms with Gasteiger partial charge in [-0.05, 0) is 54.8 Å². The van der Waals surface area contributed by atoms with Crippen LogP contribution >= 0.6 is 11.8 Å². The monoisotopic (exact) mass is 384 g/mol. The van der Waals surface area contributed by atoms with E-state index < -0.39 is 6.04 Å². The molecule has 2 amide bonds. The number of carbonyl (C=O) groups excluding carboxylic acids is 2. The normalized spacial score (nSPS) is 16.3. The Morgan fingerprint density at radius 1 is 1.19 bits per heavy atom. The number of rotatable bonds is 5. The second-order valence-electron chi connectivity index (χ2n) is 6.70. The zero-order valence-electron chi connectivity index (χ0n) is 15.8. The van der Waals surface area contributed by atoms with Gasteiger partial charge in [0.2, 0.25) is 11.8 Å². The Morgan fingerprint density at radius 3 is 2.74 bits per heavy atom. The van der Waals surface area contributed by atoms with Gasteiger partial charge in [0.25, 0.3) is 0 Å². The van der Waals surface area contributed by atoms with Crippen molar-refractivity contribution in [3.8, 4) is 5.75 Å². The molecule has 1 heterocycles. The minimum atomic E-state index is -0.449. The average Bonchev–Trinajstić information content (AvgIpc) is 3.15. The number of hydrogen-bond donors (Lipinski definition) is 1. The maximum absolute atomic E-state index is 12.8. The Kier molecular flexibility index (Phi) is 6.06. The first kappa shape index (κ1) is 19.3. The number of benzene rings is 2. The molecular formula is C21H24N2O3S. The third-order valence-electron chi connectivity index (χ3n) is 4.77. The summed E-state index contributed by atoms with van der Waals surface area (Å²) in [6, 6.07) is 12.8. The molecule has 142 valence electrons. The summed E-state index contributed by atoms with van der Waals surface area (Å²) in [4.78, 5) is 27.2. The van der Waals surface area contributed by atoms with Crippen molar-refractivity contribution in [1.29, 1.82) is 0 Å². The van der Waals surface area contributed by atoms with Crippen LogP contribution in [0.4, 0.5) is 5.69 Å². The molecule has 0 aromatic heterocycles. The molecule has 2 aromatic rings. The van der Waals surface area contributed by atoms with Crippen molar-refractivity contribution in [2.24, 2.45) is 0 Å². The molecule has 0 saturated carbocycles. The largest absolute Gasteiger partial charge is 0.497 e. The molecule has 0 radical (unpaired) electrons. The molecule has 5 nitrogen and oxygen atoms in total. The van der Waals surface area contributed by atoms with E-state index in [2.05, 4.69) is 5.32 Å². The van der Waals surface area contributed by atoms with E-state index in [0.29, 0.717) is 11.6 Å². The number of nitrogens with one attached hydrogen (secondary N) is 1. The fourth-order valence-corrected chi connectivity index (χ4v) is 4.19.